The van der Waals surface area contributed by atoms with E-state index in [2.05, 4.69) is 14.8 Å². The van der Waals surface area contributed by atoms with Gasteiger partial charge in [0.25, 0.3) is 0 Å². The highest BCUT2D eigenvalue weighted by Gasteiger charge is 2.18. The Balaban J connectivity index is 1.82. The second-order valence-electron chi connectivity index (χ2n) is 5.62. The molecule has 24 heavy (non-hydrogen) atoms. The van der Waals surface area contributed by atoms with Crippen molar-refractivity contribution in [2.45, 2.75) is 17.9 Å². The van der Waals surface area contributed by atoms with Gasteiger partial charge < -0.3 is 5.73 Å². The Morgan fingerprint density at radius 3 is 2.71 bits per heavy atom. The summed E-state index contributed by atoms with van der Waals surface area (Å²) in [6, 6.07) is 10.5. The van der Waals surface area contributed by atoms with E-state index in [-0.39, 0.29) is 11.4 Å². The average Bonchev–Trinajstić information content (AvgIpc) is 2.87. The Kier molecular flexibility index (Phi) is 4.35. The Morgan fingerprint density at radius 1 is 1.29 bits per heavy atom. The van der Waals surface area contributed by atoms with E-state index in [0.717, 1.165) is 11.3 Å². The van der Waals surface area contributed by atoms with Gasteiger partial charge in [0.05, 0.1) is 5.69 Å². The van der Waals surface area contributed by atoms with Gasteiger partial charge in [-0.2, -0.15) is 5.10 Å². The Hall–Kier alpha value is -2.29. The number of sulfonamides is 1. The lowest BCUT2D eigenvalue weighted by atomic mass is 10.1. The normalized spacial score (nSPS) is 13.3. The van der Waals surface area contributed by atoms with Crippen molar-refractivity contribution in [3.63, 3.8) is 0 Å². The zero-order chi connectivity index (χ0) is 17.3. The molecule has 3 aromatic rings. The van der Waals surface area contributed by atoms with Crippen LogP contribution in [0.5, 0.6) is 0 Å². The molecule has 3 N–H and O–H groups in total. The van der Waals surface area contributed by atoms with E-state index in [9.17, 15) is 8.42 Å². The molecule has 2 aromatic heterocycles. The first kappa shape index (κ1) is 16.6. The predicted molar refractivity (Wildman–Crippen MR) is 91.8 cm³/mol. The summed E-state index contributed by atoms with van der Waals surface area (Å²) < 4.78 is 29.2. The Bertz CT molecular complexity index is 967. The second-order valence-corrected chi connectivity index (χ2v) is 7.39. The van der Waals surface area contributed by atoms with Crippen molar-refractivity contribution in [3.05, 3.63) is 53.9 Å². The monoisotopic (exact) mass is 345 g/mol. The molecular formula is C16H19N5O2S. The van der Waals surface area contributed by atoms with Crippen LogP contribution in [-0.4, -0.2) is 29.7 Å². The minimum absolute atomic E-state index is 0.103. The first-order valence-electron chi connectivity index (χ1n) is 7.48. The molecular weight excluding hydrogens is 326 g/mol. The number of benzene rings is 1. The number of pyridine rings is 1. The van der Waals surface area contributed by atoms with E-state index >= 15 is 0 Å². The number of aromatic nitrogens is 3. The maximum Gasteiger partial charge on any atom is 0.242 e. The SMILES string of the molecule is Cc1nn(C)c2ncc(S(=O)(=O)NCC(N)c3ccccc3)cc12. The Morgan fingerprint density at radius 2 is 2.00 bits per heavy atom. The minimum atomic E-state index is -3.69. The van der Waals surface area contributed by atoms with Gasteiger partial charge in [-0.25, -0.2) is 18.1 Å². The van der Waals surface area contributed by atoms with Gasteiger partial charge in [-0.05, 0) is 18.6 Å². The smallest absolute Gasteiger partial charge is 0.242 e. The molecule has 8 heteroatoms. The van der Waals surface area contributed by atoms with Crippen LogP contribution in [0.3, 0.4) is 0 Å². The standard InChI is InChI=1S/C16H19N5O2S/c1-11-14-8-13(9-18-16(14)21(2)20-11)24(22,23)19-10-15(17)12-6-4-3-5-7-12/h3-9,15,19H,10,17H2,1-2H3. The number of aryl methyl sites for hydroxylation is 2. The van der Waals surface area contributed by atoms with E-state index in [1.807, 2.05) is 37.3 Å². The van der Waals surface area contributed by atoms with Crippen molar-refractivity contribution >= 4 is 21.1 Å². The summed E-state index contributed by atoms with van der Waals surface area (Å²) in [5.74, 6) is 0. The van der Waals surface area contributed by atoms with Crippen LogP contribution in [0.25, 0.3) is 11.0 Å². The molecule has 0 radical (unpaired) electrons. The summed E-state index contributed by atoms with van der Waals surface area (Å²) in [6.07, 6.45) is 1.33. The van der Waals surface area contributed by atoms with Crippen molar-refractivity contribution in [1.82, 2.24) is 19.5 Å². The van der Waals surface area contributed by atoms with Gasteiger partial charge in [-0.15, -0.1) is 0 Å². The molecule has 1 atom stereocenters. The molecule has 1 unspecified atom stereocenters. The van der Waals surface area contributed by atoms with Crippen LogP contribution in [0.4, 0.5) is 0 Å². The number of rotatable bonds is 5. The van der Waals surface area contributed by atoms with Crippen LogP contribution in [0, 0.1) is 6.92 Å². The van der Waals surface area contributed by atoms with Crippen molar-refractivity contribution in [3.8, 4) is 0 Å². The highest BCUT2D eigenvalue weighted by molar-refractivity contribution is 7.89. The number of nitrogens with zero attached hydrogens (tertiary/aromatic N) is 3. The van der Waals surface area contributed by atoms with Crippen molar-refractivity contribution < 1.29 is 8.42 Å². The fraction of sp³-hybridized carbons (Fsp3) is 0.250. The molecule has 7 nitrogen and oxygen atoms in total. The summed E-state index contributed by atoms with van der Waals surface area (Å²) in [6.45, 7) is 1.93. The highest BCUT2D eigenvalue weighted by atomic mass is 32.2. The number of nitrogens with two attached hydrogens (primary N) is 1. The van der Waals surface area contributed by atoms with Crippen molar-refractivity contribution in [2.75, 3.05) is 6.54 Å². The fourth-order valence-corrected chi connectivity index (χ4v) is 3.57. The number of hydrogen-bond donors (Lipinski definition) is 2. The topological polar surface area (TPSA) is 103 Å². The summed E-state index contributed by atoms with van der Waals surface area (Å²) in [5, 5.41) is 4.96. The van der Waals surface area contributed by atoms with Crippen molar-refractivity contribution in [1.29, 1.82) is 0 Å². The maximum atomic E-state index is 12.5. The lowest BCUT2D eigenvalue weighted by Crippen LogP contribution is -2.32. The molecule has 0 fully saturated rings. The molecule has 0 saturated carbocycles. The van der Waals surface area contributed by atoms with Gasteiger partial charge in [0, 0.05) is 31.2 Å². The molecule has 0 amide bonds. The van der Waals surface area contributed by atoms with Crippen LogP contribution in [0.15, 0.2) is 47.5 Å². The van der Waals surface area contributed by atoms with E-state index in [1.165, 1.54) is 6.20 Å². The first-order valence-corrected chi connectivity index (χ1v) is 8.96. The maximum absolute atomic E-state index is 12.5. The lowest BCUT2D eigenvalue weighted by Gasteiger charge is -2.13. The van der Waals surface area contributed by atoms with Crippen LogP contribution >= 0.6 is 0 Å². The minimum Gasteiger partial charge on any atom is -0.323 e. The summed E-state index contributed by atoms with van der Waals surface area (Å²) in [4.78, 5) is 4.31. The first-order chi connectivity index (χ1) is 11.4. The molecule has 0 spiro atoms. The highest BCUT2D eigenvalue weighted by Crippen LogP contribution is 2.19. The van der Waals surface area contributed by atoms with Gasteiger partial charge >= 0.3 is 0 Å². The molecule has 126 valence electrons. The van der Waals surface area contributed by atoms with E-state index in [1.54, 1.807) is 17.8 Å². The van der Waals surface area contributed by atoms with Gasteiger partial charge in [0.1, 0.15) is 4.90 Å². The molecule has 2 heterocycles. The van der Waals surface area contributed by atoms with Crippen LogP contribution < -0.4 is 10.5 Å². The van der Waals surface area contributed by atoms with Gasteiger partial charge in [0.2, 0.25) is 10.0 Å². The quantitative estimate of drug-likeness (QED) is 0.724. The Labute approximate surface area is 140 Å². The zero-order valence-electron chi connectivity index (χ0n) is 13.5. The number of fused-ring (bicyclic) bond motifs is 1. The molecule has 0 aliphatic rings. The largest absolute Gasteiger partial charge is 0.323 e. The van der Waals surface area contributed by atoms with Crippen LogP contribution in [0.2, 0.25) is 0 Å². The third kappa shape index (κ3) is 3.16. The number of nitrogens with one attached hydrogen (secondary N) is 1. The fourth-order valence-electron chi connectivity index (χ4n) is 2.54. The van der Waals surface area contributed by atoms with Gasteiger partial charge in [-0.1, -0.05) is 30.3 Å². The third-order valence-corrected chi connectivity index (χ3v) is 5.26. The average molecular weight is 345 g/mol. The lowest BCUT2D eigenvalue weighted by molar-refractivity contribution is 0.572. The van der Waals surface area contributed by atoms with Crippen LogP contribution in [-0.2, 0) is 17.1 Å². The molecule has 3 rings (SSSR count). The molecule has 0 aliphatic carbocycles. The summed E-state index contributed by atoms with van der Waals surface area (Å²) >= 11 is 0. The van der Waals surface area contributed by atoms with Crippen LogP contribution in [0.1, 0.15) is 17.3 Å². The van der Waals surface area contributed by atoms with E-state index in [4.69, 9.17) is 5.73 Å². The molecule has 0 aliphatic heterocycles. The molecule has 1 aromatic carbocycles. The summed E-state index contributed by atoms with van der Waals surface area (Å²) in [7, 11) is -1.92. The second kappa shape index (κ2) is 6.31. The predicted octanol–water partition coefficient (Wildman–Crippen LogP) is 1.26. The van der Waals surface area contributed by atoms with E-state index in [0.29, 0.717) is 11.0 Å². The van der Waals surface area contributed by atoms with Gasteiger partial charge in [-0.3, -0.25) is 4.68 Å². The summed E-state index contributed by atoms with van der Waals surface area (Å²) in [5.41, 5.74) is 8.29. The van der Waals surface area contributed by atoms with Crippen molar-refractivity contribution in [2.24, 2.45) is 12.8 Å². The molecule has 0 saturated heterocycles. The van der Waals surface area contributed by atoms with E-state index < -0.39 is 16.1 Å². The number of hydrogen-bond acceptors (Lipinski definition) is 5. The van der Waals surface area contributed by atoms with Gasteiger partial charge in [0.15, 0.2) is 5.65 Å². The third-order valence-electron chi connectivity index (χ3n) is 3.87. The zero-order valence-corrected chi connectivity index (χ0v) is 14.3. The molecule has 0 bridgehead atoms.